The second-order valence-electron chi connectivity index (χ2n) is 5.67. The van der Waals surface area contributed by atoms with Crippen LogP contribution in [0.4, 0.5) is 11.4 Å². The quantitative estimate of drug-likeness (QED) is 0.755. The summed E-state index contributed by atoms with van der Waals surface area (Å²) in [6.07, 6.45) is 3.24. The van der Waals surface area contributed by atoms with E-state index in [0.717, 1.165) is 10.6 Å². The van der Waals surface area contributed by atoms with Crippen molar-refractivity contribution in [1.82, 2.24) is 9.97 Å². The fourth-order valence-electron chi connectivity index (χ4n) is 2.67. The molecule has 3 heterocycles. The molecule has 2 aromatic heterocycles. The molecule has 3 aromatic rings. The van der Waals surface area contributed by atoms with Gasteiger partial charge in [0.25, 0.3) is 11.8 Å². The SMILES string of the molecule is CN1C(=O)c2cccnc2Sc2cc(NC(=O)c3ccccn3)ccc21. The fraction of sp³-hybridized carbons (Fsp3) is 0.0526. The van der Waals surface area contributed by atoms with Gasteiger partial charge in [0.05, 0.1) is 11.3 Å². The minimum Gasteiger partial charge on any atom is -0.321 e. The highest BCUT2D eigenvalue weighted by Gasteiger charge is 2.25. The van der Waals surface area contributed by atoms with Crippen LogP contribution in [-0.2, 0) is 0 Å². The Morgan fingerprint density at radius 3 is 2.73 bits per heavy atom. The van der Waals surface area contributed by atoms with E-state index in [1.807, 2.05) is 12.1 Å². The molecule has 0 atom stereocenters. The van der Waals surface area contributed by atoms with Crippen molar-refractivity contribution in [3.05, 3.63) is 72.2 Å². The van der Waals surface area contributed by atoms with E-state index >= 15 is 0 Å². The van der Waals surface area contributed by atoms with Crippen LogP contribution in [-0.4, -0.2) is 28.8 Å². The van der Waals surface area contributed by atoms with Crippen LogP contribution >= 0.6 is 11.8 Å². The minimum absolute atomic E-state index is 0.107. The molecule has 0 bridgehead atoms. The molecule has 0 aliphatic carbocycles. The Morgan fingerprint density at radius 2 is 1.92 bits per heavy atom. The molecule has 1 aliphatic heterocycles. The summed E-state index contributed by atoms with van der Waals surface area (Å²) in [6, 6.07) is 14.1. The van der Waals surface area contributed by atoms with Crippen molar-refractivity contribution in [2.45, 2.75) is 9.92 Å². The summed E-state index contributed by atoms with van der Waals surface area (Å²) in [6.45, 7) is 0. The number of rotatable bonds is 2. The Labute approximate surface area is 154 Å². The first-order valence-corrected chi connectivity index (χ1v) is 8.72. The lowest BCUT2D eigenvalue weighted by Crippen LogP contribution is -2.26. The Bertz CT molecular complexity index is 1010. The molecule has 1 aliphatic rings. The average molecular weight is 362 g/mol. The molecule has 4 rings (SSSR count). The molecule has 26 heavy (non-hydrogen) atoms. The molecule has 0 unspecified atom stereocenters. The van der Waals surface area contributed by atoms with Gasteiger partial charge in [0.2, 0.25) is 0 Å². The summed E-state index contributed by atoms with van der Waals surface area (Å²) in [5.41, 5.74) is 2.31. The normalized spacial score (nSPS) is 12.8. The fourth-order valence-corrected chi connectivity index (χ4v) is 3.75. The summed E-state index contributed by atoms with van der Waals surface area (Å²) >= 11 is 1.41. The van der Waals surface area contributed by atoms with Gasteiger partial charge in [0.15, 0.2) is 0 Å². The molecule has 0 saturated carbocycles. The highest BCUT2D eigenvalue weighted by atomic mass is 32.2. The maximum absolute atomic E-state index is 12.6. The minimum atomic E-state index is -0.285. The van der Waals surface area contributed by atoms with Gasteiger partial charge in [-0.2, -0.15) is 0 Å². The Hall–Kier alpha value is -3.19. The second kappa shape index (κ2) is 6.61. The maximum Gasteiger partial charge on any atom is 0.274 e. The molecule has 1 N–H and O–H groups in total. The second-order valence-corrected chi connectivity index (χ2v) is 6.70. The van der Waals surface area contributed by atoms with Crippen LogP contribution in [0.1, 0.15) is 20.8 Å². The van der Waals surface area contributed by atoms with E-state index in [4.69, 9.17) is 0 Å². The van der Waals surface area contributed by atoms with Crippen molar-refractivity contribution in [2.75, 3.05) is 17.3 Å². The van der Waals surface area contributed by atoms with Crippen LogP contribution in [0, 0.1) is 0 Å². The zero-order chi connectivity index (χ0) is 18.1. The van der Waals surface area contributed by atoms with Gasteiger partial charge in [-0.1, -0.05) is 17.8 Å². The number of hydrogen-bond donors (Lipinski definition) is 1. The molecular formula is C19H14N4O2S. The number of carbonyl (C=O) groups is 2. The van der Waals surface area contributed by atoms with E-state index in [1.165, 1.54) is 11.8 Å². The predicted octanol–water partition coefficient (Wildman–Crippen LogP) is 3.47. The van der Waals surface area contributed by atoms with Crippen molar-refractivity contribution in [3.63, 3.8) is 0 Å². The van der Waals surface area contributed by atoms with Crippen molar-refractivity contribution < 1.29 is 9.59 Å². The summed E-state index contributed by atoms with van der Waals surface area (Å²) in [4.78, 5) is 35.8. The van der Waals surface area contributed by atoms with Crippen LogP contribution in [0.2, 0.25) is 0 Å². The molecule has 0 spiro atoms. The largest absolute Gasteiger partial charge is 0.321 e. The first-order valence-electron chi connectivity index (χ1n) is 7.91. The molecule has 7 heteroatoms. The number of carbonyl (C=O) groups excluding carboxylic acids is 2. The van der Waals surface area contributed by atoms with Gasteiger partial charge in [-0.25, -0.2) is 4.98 Å². The molecular weight excluding hydrogens is 348 g/mol. The van der Waals surface area contributed by atoms with Crippen molar-refractivity contribution in [1.29, 1.82) is 0 Å². The van der Waals surface area contributed by atoms with E-state index in [1.54, 1.807) is 60.7 Å². The zero-order valence-corrected chi connectivity index (χ0v) is 14.7. The van der Waals surface area contributed by atoms with Crippen LogP contribution < -0.4 is 10.2 Å². The highest BCUT2D eigenvalue weighted by Crippen LogP contribution is 2.41. The van der Waals surface area contributed by atoms with Crippen molar-refractivity contribution in [3.8, 4) is 0 Å². The summed E-state index contributed by atoms with van der Waals surface area (Å²) < 4.78 is 0. The monoisotopic (exact) mass is 362 g/mol. The number of nitrogens with one attached hydrogen (secondary N) is 1. The Kier molecular flexibility index (Phi) is 4.14. The number of anilines is 2. The number of benzene rings is 1. The summed E-state index contributed by atoms with van der Waals surface area (Å²) in [5, 5.41) is 3.49. The van der Waals surface area contributed by atoms with E-state index in [0.29, 0.717) is 22.0 Å². The number of nitrogens with zero attached hydrogens (tertiary/aromatic N) is 3. The van der Waals surface area contributed by atoms with Crippen LogP contribution in [0.15, 0.2) is 70.8 Å². The predicted molar refractivity (Wildman–Crippen MR) is 99.7 cm³/mol. The van der Waals surface area contributed by atoms with E-state index in [2.05, 4.69) is 15.3 Å². The molecule has 1 aromatic carbocycles. The molecule has 0 radical (unpaired) electrons. The lowest BCUT2D eigenvalue weighted by molar-refractivity contribution is 0.0987. The number of pyridine rings is 2. The van der Waals surface area contributed by atoms with Gasteiger partial charge in [-0.3, -0.25) is 14.6 Å². The van der Waals surface area contributed by atoms with Gasteiger partial charge in [-0.05, 0) is 42.5 Å². The number of fused-ring (bicyclic) bond motifs is 2. The first-order chi connectivity index (χ1) is 12.6. The third-order valence-electron chi connectivity index (χ3n) is 3.99. The van der Waals surface area contributed by atoms with Crippen molar-refractivity contribution in [2.24, 2.45) is 0 Å². The number of hydrogen-bond acceptors (Lipinski definition) is 5. The molecule has 2 amide bonds. The van der Waals surface area contributed by atoms with Gasteiger partial charge in [-0.15, -0.1) is 0 Å². The third kappa shape index (κ3) is 2.93. The molecule has 0 fully saturated rings. The van der Waals surface area contributed by atoms with E-state index < -0.39 is 0 Å². The van der Waals surface area contributed by atoms with Crippen LogP contribution in [0.3, 0.4) is 0 Å². The first kappa shape index (κ1) is 16.3. The van der Waals surface area contributed by atoms with Crippen LogP contribution in [0.25, 0.3) is 0 Å². The summed E-state index contributed by atoms with van der Waals surface area (Å²) in [7, 11) is 1.73. The number of amides is 2. The maximum atomic E-state index is 12.6. The van der Waals surface area contributed by atoms with Crippen LogP contribution in [0.5, 0.6) is 0 Å². The zero-order valence-electron chi connectivity index (χ0n) is 13.8. The number of aromatic nitrogens is 2. The topological polar surface area (TPSA) is 75.2 Å². The Balaban J connectivity index is 1.68. The van der Waals surface area contributed by atoms with Crippen molar-refractivity contribution >= 4 is 35.0 Å². The highest BCUT2D eigenvalue weighted by molar-refractivity contribution is 7.99. The molecule has 128 valence electrons. The van der Waals surface area contributed by atoms with E-state index in [9.17, 15) is 9.59 Å². The molecule has 6 nitrogen and oxygen atoms in total. The van der Waals surface area contributed by atoms with E-state index in [-0.39, 0.29) is 11.8 Å². The van der Waals surface area contributed by atoms with Gasteiger partial charge in [0.1, 0.15) is 10.7 Å². The van der Waals surface area contributed by atoms with Gasteiger partial charge in [0, 0.05) is 30.0 Å². The lowest BCUT2D eigenvalue weighted by Gasteiger charge is -2.18. The molecule has 0 saturated heterocycles. The average Bonchev–Trinajstić information content (AvgIpc) is 2.78. The Morgan fingerprint density at radius 1 is 1.08 bits per heavy atom. The van der Waals surface area contributed by atoms with Gasteiger partial charge < -0.3 is 10.2 Å². The third-order valence-corrected chi connectivity index (χ3v) is 5.05. The standard InChI is InChI=1S/C19H14N4O2S/c1-23-15-8-7-12(22-17(24)14-6-2-3-9-20-14)11-16(15)26-18-13(19(23)25)5-4-10-21-18/h2-11H,1H3,(H,22,24). The lowest BCUT2D eigenvalue weighted by atomic mass is 10.2. The summed E-state index contributed by atoms with van der Waals surface area (Å²) in [5.74, 6) is -0.392. The van der Waals surface area contributed by atoms with Gasteiger partial charge >= 0.3 is 0 Å². The smallest absolute Gasteiger partial charge is 0.274 e.